The number of hydrogen-bond donors (Lipinski definition) is 0. The van der Waals surface area contributed by atoms with Crippen LogP contribution in [0.3, 0.4) is 0 Å². The Labute approximate surface area is 254 Å². The zero-order valence-corrected chi connectivity index (χ0v) is 29.7. The Morgan fingerprint density at radius 1 is 0.610 bits per heavy atom. The van der Waals surface area contributed by atoms with E-state index < -0.39 is 5.41 Å². The largest absolute Gasteiger partial charge is 0.465 e. The smallest absolute Gasteiger partial charge is 0.311 e. The first-order valence-corrected chi connectivity index (χ1v) is 16.3. The Bertz CT molecular complexity index is 819. The average molecular weight is 581 g/mol. The molecule has 0 aliphatic carbocycles. The Hall–Kier alpha value is -1.10. The molecule has 2 saturated heterocycles. The van der Waals surface area contributed by atoms with E-state index in [4.69, 9.17) is 14.2 Å². The van der Waals surface area contributed by atoms with Crippen molar-refractivity contribution in [3.8, 4) is 0 Å². The second-order valence-electron chi connectivity index (χ2n) is 18.3. The number of carbonyl (C=O) groups is 2. The predicted molar refractivity (Wildman–Crippen MR) is 171 cm³/mol. The molecule has 2 rings (SSSR count). The molecule has 2 aliphatic rings. The lowest BCUT2D eigenvalue weighted by atomic mass is 9.65. The quantitative estimate of drug-likeness (QED) is 0.304. The van der Waals surface area contributed by atoms with Gasteiger partial charge in [-0.3, -0.25) is 9.59 Å². The van der Waals surface area contributed by atoms with Crippen molar-refractivity contribution in [2.45, 2.75) is 161 Å². The van der Waals surface area contributed by atoms with E-state index in [1.807, 2.05) is 6.92 Å². The molecule has 0 aromatic rings. The molecule has 0 saturated carbocycles. The van der Waals surface area contributed by atoms with Crippen molar-refractivity contribution in [1.29, 1.82) is 0 Å². The summed E-state index contributed by atoms with van der Waals surface area (Å²) in [5.41, 5.74) is -0.318. The molecule has 0 aromatic heterocycles. The molecule has 0 N–H and O–H groups in total. The fraction of sp³-hybridized carbons (Fsp3) is 0.944. The molecule has 0 radical (unpaired) electrons. The Morgan fingerprint density at radius 3 is 1.44 bits per heavy atom. The topological polar surface area (TPSA) is 61.8 Å². The Kier molecular flexibility index (Phi) is 13.5. The maximum absolute atomic E-state index is 12.6. The zero-order chi connectivity index (χ0) is 31.9. The summed E-state index contributed by atoms with van der Waals surface area (Å²) in [4.78, 5) is 25.2. The first-order valence-electron chi connectivity index (χ1n) is 16.3. The van der Waals surface area contributed by atoms with Crippen molar-refractivity contribution < 1.29 is 23.8 Å². The fourth-order valence-electron chi connectivity index (χ4n) is 6.81. The molecule has 2 fully saturated rings. The third kappa shape index (κ3) is 13.8. The number of cyclic esters (lactones) is 2. The predicted octanol–water partition coefficient (Wildman–Crippen LogP) is 9.80. The van der Waals surface area contributed by atoms with Gasteiger partial charge >= 0.3 is 11.9 Å². The van der Waals surface area contributed by atoms with E-state index in [2.05, 4.69) is 90.0 Å². The number of carbonyl (C=O) groups excluding carboxylic acids is 2. The van der Waals surface area contributed by atoms with E-state index in [1.165, 1.54) is 12.8 Å². The van der Waals surface area contributed by atoms with Gasteiger partial charge < -0.3 is 14.2 Å². The molecule has 0 spiro atoms. The number of hydrogen-bond acceptors (Lipinski definition) is 5. The van der Waals surface area contributed by atoms with Gasteiger partial charge in [0.25, 0.3) is 0 Å². The number of ether oxygens (including phenoxy) is 3. The SMILES string of the molecule is CC(C)(C)CC1(C)CC(C(C)(C)C)CCCCOC1=O.CC(C)(C)CC1(C)CC(C(C)(C)C)OCCCCOC1=O. The lowest BCUT2D eigenvalue weighted by Gasteiger charge is -2.40. The van der Waals surface area contributed by atoms with Crippen molar-refractivity contribution in [3.05, 3.63) is 0 Å². The summed E-state index contributed by atoms with van der Waals surface area (Å²) < 4.78 is 17.2. The summed E-state index contributed by atoms with van der Waals surface area (Å²) in [7, 11) is 0. The van der Waals surface area contributed by atoms with E-state index in [-0.39, 0.29) is 45.1 Å². The summed E-state index contributed by atoms with van der Waals surface area (Å²) in [5, 5.41) is 0. The summed E-state index contributed by atoms with van der Waals surface area (Å²) >= 11 is 0. The van der Waals surface area contributed by atoms with Crippen LogP contribution >= 0.6 is 0 Å². The zero-order valence-electron chi connectivity index (χ0n) is 29.7. The Balaban J connectivity index is 0.000000410. The summed E-state index contributed by atoms with van der Waals surface area (Å²) in [5.74, 6) is 0.543. The molecule has 41 heavy (non-hydrogen) atoms. The van der Waals surface area contributed by atoms with Gasteiger partial charge in [0.15, 0.2) is 0 Å². The summed E-state index contributed by atoms with van der Waals surface area (Å²) in [6.45, 7) is 32.7. The van der Waals surface area contributed by atoms with E-state index in [1.54, 1.807) is 0 Å². The van der Waals surface area contributed by atoms with Crippen LogP contribution in [-0.4, -0.2) is 37.9 Å². The lowest BCUT2D eigenvalue weighted by molar-refractivity contribution is -0.163. The highest BCUT2D eigenvalue weighted by Gasteiger charge is 2.44. The molecule has 0 amide bonds. The van der Waals surface area contributed by atoms with Crippen LogP contribution in [0.2, 0.25) is 0 Å². The number of esters is 2. The van der Waals surface area contributed by atoms with E-state index in [9.17, 15) is 9.59 Å². The minimum atomic E-state index is -0.479. The maximum Gasteiger partial charge on any atom is 0.311 e. The van der Waals surface area contributed by atoms with Crippen LogP contribution in [0, 0.1) is 38.4 Å². The summed E-state index contributed by atoms with van der Waals surface area (Å²) in [6, 6.07) is 0. The van der Waals surface area contributed by atoms with Gasteiger partial charge in [0, 0.05) is 6.61 Å². The molecule has 0 aromatic carbocycles. The number of rotatable bonds is 2. The molecular weight excluding hydrogens is 512 g/mol. The van der Waals surface area contributed by atoms with E-state index >= 15 is 0 Å². The van der Waals surface area contributed by atoms with E-state index in [0.29, 0.717) is 19.1 Å². The van der Waals surface area contributed by atoms with Crippen LogP contribution in [0.15, 0.2) is 0 Å². The van der Waals surface area contributed by atoms with Gasteiger partial charge in [-0.25, -0.2) is 0 Å². The maximum atomic E-state index is 12.6. The van der Waals surface area contributed by atoms with Gasteiger partial charge in [0.1, 0.15) is 0 Å². The average Bonchev–Trinajstić information content (AvgIpc) is 2.81. The van der Waals surface area contributed by atoms with Gasteiger partial charge in [0.05, 0.1) is 30.1 Å². The Morgan fingerprint density at radius 2 is 1.02 bits per heavy atom. The van der Waals surface area contributed by atoms with Gasteiger partial charge in [0.2, 0.25) is 0 Å². The van der Waals surface area contributed by atoms with Crippen LogP contribution in [-0.2, 0) is 23.8 Å². The minimum absolute atomic E-state index is 0.0172. The second kappa shape index (κ2) is 14.6. The monoisotopic (exact) mass is 581 g/mol. The molecule has 4 unspecified atom stereocenters. The van der Waals surface area contributed by atoms with Crippen LogP contribution < -0.4 is 0 Å². The van der Waals surface area contributed by atoms with Gasteiger partial charge in [-0.15, -0.1) is 0 Å². The molecule has 2 aliphatic heterocycles. The molecule has 5 heteroatoms. The molecule has 0 bridgehead atoms. The highest BCUT2D eigenvalue weighted by molar-refractivity contribution is 5.77. The summed E-state index contributed by atoms with van der Waals surface area (Å²) in [6.07, 6.45) is 8.68. The highest BCUT2D eigenvalue weighted by atomic mass is 16.5. The van der Waals surface area contributed by atoms with Gasteiger partial charge in [-0.05, 0) is 99.2 Å². The van der Waals surface area contributed by atoms with E-state index in [0.717, 1.165) is 51.6 Å². The molecule has 4 atom stereocenters. The minimum Gasteiger partial charge on any atom is -0.465 e. The third-order valence-electron chi connectivity index (χ3n) is 8.62. The van der Waals surface area contributed by atoms with Crippen molar-refractivity contribution in [2.24, 2.45) is 38.4 Å². The third-order valence-corrected chi connectivity index (χ3v) is 8.62. The van der Waals surface area contributed by atoms with Crippen molar-refractivity contribution in [1.82, 2.24) is 0 Å². The van der Waals surface area contributed by atoms with Crippen molar-refractivity contribution >= 4 is 11.9 Å². The molecule has 242 valence electrons. The first kappa shape index (κ1) is 37.9. The fourth-order valence-corrected chi connectivity index (χ4v) is 6.81. The molecule has 5 nitrogen and oxygen atoms in total. The standard InChI is InChI=1S/C18H34O3.C18H34O2/c1-16(2,3)13-18(7)12-14(17(4,5)6)20-10-8-9-11-21-15(18)19;1-16(2,3)13-18(7)12-14(17(4,5)6)10-8-9-11-20-15(18)19/h14H,8-13H2,1-7H3;14H,8-13H2,1-7H3. The van der Waals surface area contributed by atoms with Crippen LogP contribution in [0.1, 0.15) is 155 Å². The van der Waals surface area contributed by atoms with Crippen LogP contribution in [0.4, 0.5) is 0 Å². The van der Waals surface area contributed by atoms with Crippen molar-refractivity contribution in [3.63, 3.8) is 0 Å². The lowest BCUT2D eigenvalue weighted by Crippen LogP contribution is -2.42. The van der Waals surface area contributed by atoms with Crippen LogP contribution in [0.25, 0.3) is 0 Å². The molecule has 2 heterocycles. The second-order valence-corrected chi connectivity index (χ2v) is 18.3. The van der Waals surface area contributed by atoms with Gasteiger partial charge in [-0.1, -0.05) is 83.1 Å². The van der Waals surface area contributed by atoms with Gasteiger partial charge in [-0.2, -0.15) is 0 Å². The first-order chi connectivity index (χ1) is 18.4. The molecular formula is C36H68O5. The van der Waals surface area contributed by atoms with Crippen LogP contribution in [0.5, 0.6) is 0 Å². The normalized spacial score (nSPS) is 30.0. The van der Waals surface area contributed by atoms with Crippen molar-refractivity contribution in [2.75, 3.05) is 19.8 Å². The highest BCUT2D eigenvalue weighted by Crippen LogP contribution is 2.46.